The summed E-state index contributed by atoms with van der Waals surface area (Å²) in [5.41, 5.74) is 3.38. The number of nitrogens with zero attached hydrogens (tertiary/aromatic N) is 3. The first-order valence-corrected chi connectivity index (χ1v) is 12.5. The molecule has 0 unspecified atom stereocenters. The van der Waals surface area contributed by atoms with E-state index in [1.807, 2.05) is 0 Å². The van der Waals surface area contributed by atoms with Crippen molar-refractivity contribution in [3.63, 3.8) is 0 Å². The van der Waals surface area contributed by atoms with E-state index in [2.05, 4.69) is 46.5 Å². The second-order valence-corrected chi connectivity index (χ2v) is 12.9. The van der Waals surface area contributed by atoms with Gasteiger partial charge in [0, 0.05) is 6.20 Å². The van der Waals surface area contributed by atoms with Gasteiger partial charge in [0.25, 0.3) is 0 Å². The van der Waals surface area contributed by atoms with E-state index in [4.69, 9.17) is 9.47 Å². The molecule has 0 saturated heterocycles. The minimum absolute atomic E-state index is 0.0236. The molecular weight excluding hydrogens is 376 g/mol. The van der Waals surface area contributed by atoms with Crippen LogP contribution in [0.25, 0.3) is 5.65 Å². The van der Waals surface area contributed by atoms with Crippen LogP contribution in [0, 0.1) is 11.5 Å². The lowest BCUT2D eigenvalue weighted by Gasteiger charge is -2.19. The third kappa shape index (κ3) is 5.82. The predicted octanol–water partition coefficient (Wildman–Crippen LogP) is 3.48. The van der Waals surface area contributed by atoms with Gasteiger partial charge in [0.15, 0.2) is 11.5 Å². The van der Waals surface area contributed by atoms with Crippen LogP contribution >= 0.6 is 0 Å². The second-order valence-electron chi connectivity index (χ2n) is 8.15. The van der Waals surface area contributed by atoms with Crippen LogP contribution in [0.1, 0.15) is 43.7 Å². The van der Waals surface area contributed by atoms with Gasteiger partial charge in [0.2, 0.25) is 0 Å². The summed E-state index contributed by atoms with van der Waals surface area (Å²) in [6, 6.07) is 1.71. The van der Waals surface area contributed by atoms with Crippen LogP contribution < -0.4 is 5.32 Å². The first-order chi connectivity index (χ1) is 12.9. The van der Waals surface area contributed by atoms with Crippen molar-refractivity contribution in [2.45, 2.75) is 52.9 Å². The maximum absolute atomic E-state index is 12.5. The zero-order valence-electron chi connectivity index (χ0n) is 17.3. The molecule has 1 amide bonds. The smallest absolute Gasteiger partial charge is 0.413 e. The van der Waals surface area contributed by atoms with Gasteiger partial charge < -0.3 is 9.47 Å². The molecule has 0 saturated carbocycles. The SMILES string of the molecule is CCOC(=O)c1c(NC(=O)OC(C)(C)C)nn2ccc(C#C[Si](C)(C)C)nc12. The van der Waals surface area contributed by atoms with Gasteiger partial charge in [-0.1, -0.05) is 25.6 Å². The summed E-state index contributed by atoms with van der Waals surface area (Å²) in [6.45, 7) is 13.5. The van der Waals surface area contributed by atoms with Gasteiger partial charge >= 0.3 is 12.1 Å². The maximum Gasteiger partial charge on any atom is 0.413 e. The van der Waals surface area contributed by atoms with Gasteiger partial charge in [0.05, 0.1) is 6.61 Å². The highest BCUT2D eigenvalue weighted by atomic mass is 28.3. The molecule has 150 valence electrons. The van der Waals surface area contributed by atoms with Gasteiger partial charge in [-0.2, -0.15) is 0 Å². The number of aromatic nitrogens is 3. The lowest BCUT2D eigenvalue weighted by Crippen LogP contribution is -2.28. The number of fused-ring (bicyclic) bond motifs is 1. The average molecular weight is 403 g/mol. The molecule has 0 bridgehead atoms. The zero-order valence-corrected chi connectivity index (χ0v) is 18.3. The molecule has 0 radical (unpaired) electrons. The molecule has 2 rings (SSSR count). The highest BCUT2D eigenvalue weighted by molar-refractivity contribution is 6.83. The van der Waals surface area contributed by atoms with Crippen LogP contribution in [0.4, 0.5) is 10.6 Å². The molecule has 8 nitrogen and oxygen atoms in total. The minimum atomic E-state index is -1.58. The summed E-state index contributed by atoms with van der Waals surface area (Å²) in [5, 5.41) is 6.75. The van der Waals surface area contributed by atoms with Crippen LogP contribution in [0.3, 0.4) is 0 Å². The van der Waals surface area contributed by atoms with Crippen molar-refractivity contribution in [1.82, 2.24) is 14.6 Å². The molecule has 0 atom stereocenters. The van der Waals surface area contributed by atoms with E-state index in [1.165, 1.54) is 4.52 Å². The molecule has 9 heteroatoms. The van der Waals surface area contributed by atoms with E-state index in [0.29, 0.717) is 5.69 Å². The number of carbonyl (C=O) groups is 2. The second kappa shape index (κ2) is 8.02. The van der Waals surface area contributed by atoms with Crippen molar-refractivity contribution >= 4 is 31.6 Å². The Hall–Kier alpha value is -2.86. The summed E-state index contributed by atoms with van der Waals surface area (Å²) < 4.78 is 11.8. The fraction of sp³-hybridized carbons (Fsp3) is 0.474. The molecule has 0 fully saturated rings. The lowest BCUT2D eigenvalue weighted by atomic mass is 10.2. The van der Waals surface area contributed by atoms with Crippen LogP contribution in [0.15, 0.2) is 12.3 Å². The highest BCUT2D eigenvalue weighted by Gasteiger charge is 2.26. The van der Waals surface area contributed by atoms with E-state index < -0.39 is 25.7 Å². The van der Waals surface area contributed by atoms with Crippen molar-refractivity contribution in [1.29, 1.82) is 0 Å². The molecule has 28 heavy (non-hydrogen) atoms. The largest absolute Gasteiger partial charge is 0.462 e. The minimum Gasteiger partial charge on any atom is -0.462 e. The number of nitrogens with one attached hydrogen (secondary N) is 1. The monoisotopic (exact) mass is 402 g/mol. The summed E-state index contributed by atoms with van der Waals surface area (Å²) in [6.07, 6.45) is 0.916. The highest BCUT2D eigenvalue weighted by Crippen LogP contribution is 2.21. The van der Waals surface area contributed by atoms with E-state index in [-0.39, 0.29) is 23.6 Å². The Morgan fingerprint density at radius 3 is 2.54 bits per heavy atom. The predicted molar refractivity (Wildman–Crippen MR) is 109 cm³/mol. The van der Waals surface area contributed by atoms with Crippen molar-refractivity contribution in [3.05, 3.63) is 23.5 Å². The van der Waals surface area contributed by atoms with Crippen LogP contribution in [0.5, 0.6) is 0 Å². The van der Waals surface area contributed by atoms with Gasteiger partial charge in [-0.3, -0.25) is 5.32 Å². The molecule has 0 aliphatic heterocycles. The summed E-state index contributed by atoms with van der Waals surface area (Å²) >= 11 is 0. The average Bonchev–Trinajstić information content (AvgIpc) is 2.87. The summed E-state index contributed by atoms with van der Waals surface area (Å²) in [7, 11) is -1.58. The third-order valence-electron chi connectivity index (χ3n) is 3.15. The van der Waals surface area contributed by atoms with E-state index >= 15 is 0 Å². The number of hydrogen-bond acceptors (Lipinski definition) is 6. The number of amides is 1. The fourth-order valence-corrected chi connectivity index (χ4v) is 2.63. The van der Waals surface area contributed by atoms with E-state index in [1.54, 1.807) is 40.0 Å². The summed E-state index contributed by atoms with van der Waals surface area (Å²) in [4.78, 5) is 29.1. The third-order valence-corrected chi connectivity index (χ3v) is 4.02. The Morgan fingerprint density at radius 1 is 1.29 bits per heavy atom. The van der Waals surface area contributed by atoms with Gasteiger partial charge in [-0.15, -0.1) is 10.6 Å². The molecule has 2 aromatic rings. The Balaban J connectivity index is 2.51. The molecule has 1 N–H and O–H groups in total. The van der Waals surface area contributed by atoms with Gasteiger partial charge in [0.1, 0.15) is 24.9 Å². The Kier molecular flexibility index (Phi) is 6.14. The molecule has 0 aliphatic carbocycles. The Morgan fingerprint density at radius 2 is 1.96 bits per heavy atom. The first-order valence-electron chi connectivity index (χ1n) is 8.99. The van der Waals surface area contributed by atoms with Crippen molar-refractivity contribution in [2.24, 2.45) is 0 Å². The number of hydrogen-bond donors (Lipinski definition) is 1. The first kappa shape index (κ1) is 21.4. The van der Waals surface area contributed by atoms with Crippen molar-refractivity contribution in [3.8, 4) is 11.5 Å². The molecule has 0 aromatic carbocycles. The molecule has 0 spiro atoms. The number of anilines is 1. The number of ether oxygens (including phenoxy) is 2. The van der Waals surface area contributed by atoms with Gasteiger partial charge in [-0.05, 0) is 33.8 Å². The van der Waals surface area contributed by atoms with Crippen LogP contribution in [-0.4, -0.2) is 46.9 Å². The fourth-order valence-electron chi connectivity index (χ4n) is 2.13. The molecule has 2 heterocycles. The number of carbonyl (C=O) groups excluding carboxylic acids is 2. The molecule has 2 aromatic heterocycles. The van der Waals surface area contributed by atoms with E-state index in [0.717, 1.165) is 0 Å². The topological polar surface area (TPSA) is 94.8 Å². The normalized spacial score (nSPS) is 11.5. The zero-order chi connectivity index (χ0) is 21.1. The van der Waals surface area contributed by atoms with E-state index in [9.17, 15) is 9.59 Å². The van der Waals surface area contributed by atoms with Crippen molar-refractivity contribution < 1.29 is 19.1 Å². The Bertz CT molecular complexity index is 958. The standard InChI is InChI=1S/C19H26N4O4Si/c1-8-26-17(24)14-15(21-18(25)27-19(2,3)4)22-23-11-9-13(20-16(14)23)10-12-28(5,6)7/h9,11H,8H2,1-7H3,(H,21,22,25). The van der Waals surface area contributed by atoms with Gasteiger partial charge in [-0.25, -0.2) is 19.1 Å². The quantitative estimate of drug-likeness (QED) is 0.480. The Labute approximate surface area is 165 Å². The van der Waals surface area contributed by atoms with Crippen molar-refractivity contribution in [2.75, 3.05) is 11.9 Å². The maximum atomic E-state index is 12.5. The summed E-state index contributed by atoms with van der Waals surface area (Å²) in [5.74, 6) is 2.44. The molecule has 0 aliphatic rings. The number of esters is 1. The van der Waals surface area contributed by atoms with Crippen LogP contribution in [0.2, 0.25) is 19.6 Å². The number of rotatable bonds is 3. The molecular formula is C19H26N4O4Si. The van der Waals surface area contributed by atoms with Crippen LogP contribution in [-0.2, 0) is 9.47 Å². The lowest BCUT2D eigenvalue weighted by molar-refractivity contribution is 0.0529.